The maximum absolute atomic E-state index is 6.02. The van der Waals surface area contributed by atoms with Gasteiger partial charge in [0, 0.05) is 0 Å². The first kappa shape index (κ1) is 10.9. The molecule has 0 radical (unpaired) electrons. The zero-order chi connectivity index (χ0) is 12.7. The molecule has 0 amide bonds. The van der Waals surface area contributed by atoms with Crippen LogP contribution in [0.25, 0.3) is 0 Å². The topological polar surface area (TPSA) is 21.3 Å². The van der Waals surface area contributed by atoms with Gasteiger partial charge in [-0.1, -0.05) is 37.1 Å². The highest BCUT2D eigenvalue weighted by Crippen LogP contribution is 2.47. The van der Waals surface area contributed by atoms with Crippen LogP contribution >= 0.6 is 0 Å². The molecule has 0 bridgehead atoms. The van der Waals surface area contributed by atoms with Gasteiger partial charge in [0.25, 0.3) is 0 Å². The fourth-order valence-electron chi connectivity index (χ4n) is 3.26. The van der Waals surface area contributed by atoms with Crippen molar-refractivity contribution >= 4 is 11.4 Å². The highest BCUT2D eigenvalue weighted by molar-refractivity contribution is 5.78. The molecule has 96 valence electrons. The summed E-state index contributed by atoms with van der Waals surface area (Å²) in [5, 5.41) is 3.56. The summed E-state index contributed by atoms with van der Waals surface area (Å²) < 4.78 is 6.02. The molecule has 1 fully saturated rings. The van der Waals surface area contributed by atoms with E-state index < -0.39 is 0 Å². The Morgan fingerprint density at radius 1 is 0.895 bits per heavy atom. The van der Waals surface area contributed by atoms with Crippen molar-refractivity contribution in [2.45, 2.75) is 31.6 Å². The molecular formula is C17H17NO. The lowest BCUT2D eigenvalue weighted by Gasteiger charge is -2.25. The van der Waals surface area contributed by atoms with Crippen molar-refractivity contribution in [3.05, 3.63) is 48.0 Å². The molecule has 1 N–H and O–H groups in total. The molecule has 2 aromatic rings. The Hall–Kier alpha value is -1.96. The summed E-state index contributed by atoms with van der Waals surface area (Å²) in [7, 11) is 0. The maximum Gasteiger partial charge on any atom is 0.151 e. The summed E-state index contributed by atoms with van der Waals surface area (Å²) in [6.45, 7) is 0. The van der Waals surface area contributed by atoms with Gasteiger partial charge in [-0.2, -0.15) is 0 Å². The largest absolute Gasteiger partial charge is 0.453 e. The summed E-state index contributed by atoms with van der Waals surface area (Å²) in [4.78, 5) is 0. The van der Waals surface area contributed by atoms with Crippen molar-refractivity contribution in [1.82, 2.24) is 0 Å². The van der Waals surface area contributed by atoms with Crippen molar-refractivity contribution in [3.63, 3.8) is 0 Å². The Kier molecular flexibility index (Phi) is 2.47. The molecule has 4 rings (SSSR count). The Morgan fingerprint density at radius 3 is 2.58 bits per heavy atom. The van der Waals surface area contributed by atoms with Crippen molar-refractivity contribution in [3.8, 4) is 11.5 Å². The number of nitrogens with one attached hydrogen (secondary N) is 1. The van der Waals surface area contributed by atoms with Gasteiger partial charge < -0.3 is 10.1 Å². The van der Waals surface area contributed by atoms with Gasteiger partial charge in [-0.25, -0.2) is 0 Å². The van der Waals surface area contributed by atoms with Gasteiger partial charge in [-0.3, -0.25) is 0 Å². The van der Waals surface area contributed by atoms with E-state index in [1.54, 1.807) is 0 Å². The van der Waals surface area contributed by atoms with Crippen molar-refractivity contribution < 1.29 is 4.74 Å². The SMILES string of the molecule is c1ccc2c(c1)Nc1c(cccc1C1CCCC1)O2. The molecule has 2 heteroatoms. The lowest BCUT2D eigenvalue weighted by molar-refractivity contribution is 0.479. The van der Waals surface area contributed by atoms with E-state index in [4.69, 9.17) is 4.74 Å². The molecular weight excluding hydrogens is 234 g/mol. The molecule has 1 aliphatic carbocycles. The van der Waals surface area contributed by atoms with Gasteiger partial charge in [-0.15, -0.1) is 0 Å². The predicted octanol–water partition coefficient (Wildman–Crippen LogP) is 5.19. The molecule has 1 saturated carbocycles. The highest BCUT2D eigenvalue weighted by Gasteiger charge is 2.25. The van der Waals surface area contributed by atoms with Crippen LogP contribution < -0.4 is 10.1 Å². The Bertz CT molecular complexity index is 614. The molecule has 0 unspecified atom stereocenters. The average Bonchev–Trinajstić information content (AvgIpc) is 2.98. The summed E-state index contributed by atoms with van der Waals surface area (Å²) in [6, 6.07) is 14.5. The summed E-state index contributed by atoms with van der Waals surface area (Å²) in [5.41, 5.74) is 3.66. The fourth-order valence-corrected chi connectivity index (χ4v) is 3.26. The molecule has 1 heterocycles. The van der Waals surface area contributed by atoms with Gasteiger partial charge in [0.1, 0.15) is 0 Å². The number of hydrogen-bond acceptors (Lipinski definition) is 2. The molecule has 0 saturated heterocycles. The van der Waals surface area contributed by atoms with E-state index in [0.29, 0.717) is 5.92 Å². The van der Waals surface area contributed by atoms with E-state index in [-0.39, 0.29) is 0 Å². The molecule has 2 nitrogen and oxygen atoms in total. The van der Waals surface area contributed by atoms with Gasteiger partial charge in [0.05, 0.1) is 11.4 Å². The third kappa shape index (κ3) is 1.79. The van der Waals surface area contributed by atoms with E-state index in [1.807, 2.05) is 18.2 Å². The second-order valence-electron chi connectivity index (χ2n) is 5.42. The van der Waals surface area contributed by atoms with Crippen molar-refractivity contribution in [1.29, 1.82) is 0 Å². The van der Waals surface area contributed by atoms with E-state index >= 15 is 0 Å². The van der Waals surface area contributed by atoms with Crippen molar-refractivity contribution in [2.75, 3.05) is 5.32 Å². The number of ether oxygens (including phenoxy) is 1. The van der Waals surface area contributed by atoms with Crippen LogP contribution in [-0.4, -0.2) is 0 Å². The van der Waals surface area contributed by atoms with Crippen LogP contribution in [0.1, 0.15) is 37.2 Å². The predicted molar refractivity (Wildman–Crippen MR) is 77.4 cm³/mol. The second-order valence-corrected chi connectivity index (χ2v) is 5.42. The Labute approximate surface area is 113 Å². The van der Waals surface area contributed by atoms with Gasteiger partial charge >= 0.3 is 0 Å². The van der Waals surface area contributed by atoms with Crippen LogP contribution in [0.4, 0.5) is 11.4 Å². The molecule has 2 aromatic carbocycles. The summed E-state index contributed by atoms with van der Waals surface area (Å²) in [5.74, 6) is 2.57. The highest BCUT2D eigenvalue weighted by atomic mass is 16.5. The minimum Gasteiger partial charge on any atom is -0.453 e. The third-order valence-corrected chi connectivity index (χ3v) is 4.22. The average molecular weight is 251 g/mol. The third-order valence-electron chi connectivity index (χ3n) is 4.22. The first-order valence-electron chi connectivity index (χ1n) is 7.08. The van der Waals surface area contributed by atoms with Crippen LogP contribution in [0.2, 0.25) is 0 Å². The first-order chi connectivity index (χ1) is 9.42. The zero-order valence-electron chi connectivity index (χ0n) is 10.9. The Morgan fingerprint density at radius 2 is 1.68 bits per heavy atom. The van der Waals surface area contributed by atoms with Gasteiger partial charge in [-0.05, 0) is 42.5 Å². The monoisotopic (exact) mass is 251 g/mol. The smallest absolute Gasteiger partial charge is 0.151 e. The number of para-hydroxylation sites is 3. The normalized spacial score (nSPS) is 17.3. The fraction of sp³-hybridized carbons (Fsp3) is 0.294. The maximum atomic E-state index is 6.02. The van der Waals surface area contributed by atoms with E-state index in [2.05, 4.69) is 29.6 Å². The van der Waals surface area contributed by atoms with Crippen LogP contribution in [0.15, 0.2) is 42.5 Å². The van der Waals surface area contributed by atoms with Crippen LogP contribution in [0.3, 0.4) is 0 Å². The van der Waals surface area contributed by atoms with Crippen LogP contribution in [0, 0.1) is 0 Å². The van der Waals surface area contributed by atoms with Crippen LogP contribution in [-0.2, 0) is 0 Å². The van der Waals surface area contributed by atoms with Crippen LogP contribution in [0.5, 0.6) is 11.5 Å². The minimum atomic E-state index is 0.691. The zero-order valence-corrected chi connectivity index (χ0v) is 10.9. The minimum absolute atomic E-state index is 0.691. The summed E-state index contributed by atoms with van der Waals surface area (Å²) in [6.07, 6.45) is 5.32. The van der Waals surface area contributed by atoms with Crippen molar-refractivity contribution in [2.24, 2.45) is 0 Å². The molecule has 0 atom stereocenters. The second kappa shape index (κ2) is 4.30. The summed E-state index contributed by atoms with van der Waals surface area (Å²) >= 11 is 0. The molecule has 0 aromatic heterocycles. The first-order valence-corrected chi connectivity index (χ1v) is 7.08. The number of anilines is 2. The number of hydrogen-bond donors (Lipinski definition) is 1. The lowest BCUT2D eigenvalue weighted by atomic mass is 9.95. The molecule has 1 aliphatic heterocycles. The number of rotatable bonds is 1. The number of fused-ring (bicyclic) bond motifs is 2. The molecule has 19 heavy (non-hydrogen) atoms. The van der Waals surface area contributed by atoms with Gasteiger partial charge in [0.2, 0.25) is 0 Å². The lowest BCUT2D eigenvalue weighted by Crippen LogP contribution is -2.07. The van der Waals surface area contributed by atoms with E-state index in [1.165, 1.54) is 36.9 Å². The van der Waals surface area contributed by atoms with Gasteiger partial charge in [0.15, 0.2) is 11.5 Å². The molecule has 0 spiro atoms. The standard InChI is InChI=1S/C17H17NO/c1-2-7-12(6-1)13-8-5-11-16-17(13)18-14-9-3-4-10-15(14)19-16/h3-5,8-12,18H,1-2,6-7H2. The Balaban J connectivity index is 1.78. The quantitative estimate of drug-likeness (QED) is 0.642. The van der Waals surface area contributed by atoms with E-state index in [9.17, 15) is 0 Å². The van der Waals surface area contributed by atoms with E-state index in [0.717, 1.165) is 17.2 Å². The number of benzene rings is 2. The molecule has 2 aliphatic rings.